The Balaban J connectivity index is 1.82. The molecule has 3 aromatic rings. The van der Waals surface area contributed by atoms with Crippen LogP contribution in [0.4, 0.5) is 10.8 Å². The van der Waals surface area contributed by atoms with Gasteiger partial charge in [-0.25, -0.2) is 9.78 Å². The van der Waals surface area contributed by atoms with E-state index in [1.807, 2.05) is 37.3 Å². The number of thiazole rings is 1. The van der Waals surface area contributed by atoms with Gasteiger partial charge in [0.1, 0.15) is 4.88 Å². The molecular weight excluding hydrogens is 362 g/mol. The Morgan fingerprint density at radius 2 is 1.93 bits per heavy atom. The maximum atomic E-state index is 12.8. The van der Waals surface area contributed by atoms with Crippen LogP contribution >= 0.6 is 11.3 Å². The third-order valence-corrected chi connectivity index (χ3v) is 4.57. The van der Waals surface area contributed by atoms with Gasteiger partial charge in [-0.2, -0.15) is 0 Å². The summed E-state index contributed by atoms with van der Waals surface area (Å²) >= 11 is 1.12. The Bertz CT molecular complexity index is 954. The number of nitrogen functional groups attached to an aromatic ring is 1. The first kappa shape index (κ1) is 18.6. The molecule has 0 aliphatic carbocycles. The summed E-state index contributed by atoms with van der Waals surface area (Å²) in [6, 6.07) is 16.0. The molecule has 0 aliphatic heterocycles. The summed E-state index contributed by atoms with van der Waals surface area (Å²) < 4.78 is 5.13. The molecule has 138 valence electrons. The van der Waals surface area contributed by atoms with E-state index >= 15 is 0 Å². The minimum Gasteiger partial charge on any atom is -0.462 e. The number of hydrogen-bond donors (Lipinski definition) is 2. The Morgan fingerprint density at radius 3 is 2.67 bits per heavy atom. The first-order valence-corrected chi connectivity index (χ1v) is 9.30. The summed E-state index contributed by atoms with van der Waals surface area (Å²) in [6.07, 6.45) is 0.747. The second-order valence-electron chi connectivity index (χ2n) is 5.77. The number of anilines is 2. The largest absolute Gasteiger partial charge is 0.462 e. The van der Waals surface area contributed by atoms with Crippen molar-refractivity contribution >= 4 is 34.0 Å². The zero-order chi connectivity index (χ0) is 19.2. The fourth-order valence-corrected chi connectivity index (χ4v) is 3.22. The molecule has 0 bridgehead atoms. The average Bonchev–Trinajstić information content (AvgIpc) is 3.09. The monoisotopic (exact) mass is 381 g/mol. The van der Waals surface area contributed by atoms with Crippen LogP contribution in [0.5, 0.6) is 0 Å². The van der Waals surface area contributed by atoms with Crippen LogP contribution in [0, 0.1) is 0 Å². The van der Waals surface area contributed by atoms with Crippen LogP contribution in [-0.4, -0.2) is 23.5 Å². The van der Waals surface area contributed by atoms with Gasteiger partial charge in [-0.3, -0.25) is 4.79 Å². The van der Waals surface area contributed by atoms with E-state index in [9.17, 15) is 9.59 Å². The van der Waals surface area contributed by atoms with Crippen molar-refractivity contribution in [3.63, 3.8) is 0 Å². The molecule has 1 amide bonds. The predicted octanol–water partition coefficient (Wildman–Crippen LogP) is 4.21. The number of hydrogen-bond acceptors (Lipinski definition) is 6. The van der Waals surface area contributed by atoms with Gasteiger partial charge in [0, 0.05) is 11.3 Å². The third kappa shape index (κ3) is 4.51. The predicted molar refractivity (Wildman–Crippen MR) is 107 cm³/mol. The molecular formula is C20H19N3O3S. The third-order valence-electron chi connectivity index (χ3n) is 3.69. The topological polar surface area (TPSA) is 94.3 Å². The molecule has 0 unspecified atom stereocenters. The Labute approximate surface area is 161 Å². The van der Waals surface area contributed by atoms with E-state index in [0.29, 0.717) is 33.6 Å². The summed E-state index contributed by atoms with van der Waals surface area (Å²) in [5.74, 6) is -0.748. The van der Waals surface area contributed by atoms with Crippen LogP contribution in [0.25, 0.3) is 11.3 Å². The Morgan fingerprint density at radius 1 is 1.15 bits per heavy atom. The van der Waals surface area contributed by atoms with Gasteiger partial charge in [-0.05, 0) is 24.6 Å². The van der Waals surface area contributed by atoms with Crippen LogP contribution in [-0.2, 0) is 4.74 Å². The van der Waals surface area contributed by atoms with Crippen molar-refractivity contribution in [2.45, 2.75) is 13.3 Å². The zero-order valence-corrected chi connectivity index (χ0v) is 15.6. The van der Waals surface area contributed by atoms with Crippen LogP contribution < -0.4 is 11.1 Å². The highest BCUT2D eigenvalue weighted by molar-refractivity contribution is 7.17. The number of benzene rings is 2. The van der Waals surface area contributed by atoms with Gasteiger partial charge in [0.05, 0.1) is 17.9 Å². The number of nitrogens with zero attached hydrogens (tertiary/aromatic N) is 1. The van der Waals surface area contributed by atoms with Crippen LogP contribution in [0.15, 0.2) is 54.6 Å². The number of carbonyl (C=O) groups excluding carboxylic acids is 2. The summed E-state index contributed by atoms with van der Waals surface area (Å²) in [4.78, 5) is 29.5. The highest BCUT2D eigenvalue weighted by Gasteiger charge is 2.19. The number of ether oxygens (including phenoxy) is 1. The minimum absolute atomic E-state index is 0.316. The molecule has 7 heteroatoms. The number of amides is 1. The van der Waals surface area contributed by atoms with Crippen molar-refractivity contribution in [1.82, 2.24) is 4.98 Å². The molecule has 0 saturated carbocycles. The van der Waals surface area contributed by atoms with Gasteiger partial charge >= 0.3 is 5.97 Å². The number of carbonyl (C=O) groups is 2. The van der Waals surface area contributed by atoms with Crippen molar-refractivity contribution in [1.29, 1.82) is 0 Å². The molecule has 0 spiro atoms. The number of rotatable bonds is 6. The molecule has 27 heavy (non-hydrogen) atoms. The molecule has 0 aliphatic rings. The molecule has 1 aromatic heterocycles. The lowest BCUT2D eigenvalue weighted by Crippen LogP contribution is -2.12. The van der Waals surface area contributed by atoms with Gasteiger partial charge in [0.25, 0.3) is 5.91 Å². The fraction of sp³-hybridized carbons (Fsp3) is 0.150. The molecule has 3 N–H and O–H groups in total. The van der Waals surface area contributed by atoms with Crippen molar-refractivity contribution in [2.75, 3.05) is 17.7 Å². The Hall–Kier alpha value is -3.19. The van der Waals surface area contributed by atoms with Gasteiger partial charge in [-0.15, -0.1) is 0 Å². The van der Waals surface area contributed by atoms with Crippen molar-refractivity contribution < 1.29 is 14.3 Å². The van der Waals surface area contributed by atoms with E-state index in [-0.39, 0.29) is 5.91 Å². The summed E-state index contributed by atoms with van der Waals surface area (Å²) in [5, 5.41) is 3.12. The van der Waals surface area contributed by atoms with E-state index in [1.165, 1.54) is 0 Å². The summed E-state index contributed by atoms with van der Waals surface area (Å²) in [7, 11) is 0. The van der Waals surface area contributed by atoms with Gasteiger partial charge in [0.2, 0.25) is 0 Å². The number of nitrogens with one attached hydrogen (secondary N) is 1. The van der Waals surface area contributed by atoms with E-state index in [4.69, 9.17) is 10.5 Å². The maximum Gasteiger partial charge on any atom is 0.338 e. The first-order valence-electron chi connectivity index (χ1n) is 8.48. The molecule has 0 fully saturated rings. The van der Waals surface area contributed by atoms with E-state index < -0.39 is 5.97 Å². The molecule has 1 heterocycles. The lowest BCUT2D eigenvalue weighted by atomic mass is 10.1. The van der Waals surface area contributed by atoms with Gasteiger partial charge in [-0.1, -0.05) is 54.7 Å². The normalized spacial score (nSPS) is 10.4. The zero-order valence-electron chi connectivity index (χ0n) is 14.8. The van der Waals surface area contributed by atoms with Crippen LogP contribution in [0.1, 0.15) is 33.4 Å². The average molecular weight is 381 g/mol. The molecule has 6 nitrogen and oxygen atoms in total. The molecule has 0 saturated heterocycles. The number of esters is 1. The Kier molecular flexibility index (Phi) is 5.83. The van der Waals surface area contributed by atoms with Gasteiger partial charge < -0.3 is 15.8 Å². The lowest BCUT2D eigenvalue weighted by molar-refractivity contribution is 0.0505. The van der Waals surface area contributed by atoms with Crippen LogP contribution in [0.3, 0.4) is 0 Å². The summed E-state index contributed by atoms with van der Waals surface area (Å²) in [5.41, 5.74) is 8.05. The standard InChI is InChI=1S/C20H19N3O3S/c1-2-11-26-19(25)14-9-6-10-15(12-14)22-18(24)17-16(23-20(21)27-17)13-7-4-3-5-8-13/h3-10,12H,2,11H2,1H3,(H2,21,23)(H,22,24). The lowest BCUT2D eigenvalue weighted by Gasteiger charge is -2.08. The number of nitrogens with two attached hydrogens (primary N) is 1. The molecule has 0 radical (unpaired) electrons. The van der Waals surface area contributed by atoms with E-state index in [2.05, 4.69) is 10.3 Å². The van der Waals surface area contributed by atoms with Crippen molar-refractivity contribution in [3.05, 3.63) is 65.0 Å². The maximum absolute atomic E-state index is 12.8. The van der Waals surface area contributed by atoms with Crippen LogP contribution in [0.2, 0.25) is 0 Å². The minimum atomic E-state index is -0.417. The first-order chi connectivity index (χ1) is 13.1. The highest BCUT2D eigenvalue weighted by atomic mass is 32.1. The van der Waals surface area contributed by atoms with Crippen molar-refractivity contribution in [3.8, 4) is 11.3 Å². The molecule has 0 atom stereocenters. The second-order valence-corrected chi connectivity index (χ2v) is 6.80. The summed E-state index contributed by atoms with van der Waals surface area (Å²) in [6.45, 7) is 2.28. The SMILES string of the molecule is CCCOC(=O)c1cccc(NC(=O)c2sc(N)nc2-c2ccccc2)c1. The second kappa shape index (κ2) is 8.46. The van der Waals surface area contributed by atoms with Gasteiger partial charge in [0.15, 0.2) is 5.13 Å². The highest BCUT2D eigenvalue weighted by Crippen LogP contribution is 2.30. The van der Waals surface area contributed by atoms with E-state index in [0.717, 1.165) is 23.3 Å². The number of aromatic nitrogens is 1. The smallest absolute Gasteiger partial charge is 0.338 e. The van der Waals surface area contributed by atoms with Crippen molar-refractivity contribution in [2.24, 2.45) is 0 Å². The van der Waals surface area contributed by atoms with E-state index in [1.54, 1.807) is 24.3 Å². The quantitative estimate of drug-likeness (QED) is 0.624. The fourth-order valence-electron chi connectivity index (χ4n) is 2.47. The molecule has 3 rings (SSSR count). The molecule has 2 aromatic carbocycles.